The number of benzene rings is 1. The summed E-state index contributed by atoms with van der Waals surface area (Å²) in [4.78, 5) is 20.4. The number of hydrogen-bond acceptors (Lipinski definition) is 6. The molecule has 0 spiro atoms. The quantitative estimate of drug-likeness (QED) is 0.393. The van der Waals surface area contributed by atoms with Gasteiger partial charge in [-0.2, -0.15) is 5.10 Å². The van der Waals surface area contributed by atoms with E-state index in [4.69, 9.17) is 16.3 Å². The molecule has 2 aromatic heterocycles. The summed E-state index contributed by atoms with van der Waals surface area (Å²) in [7, 11) is 0. The molecule has 0 fully saturated rings. The van der Waals surface area contributed by atoms with Crippen LogP contribution in [0.2, 0.25) is 5.02 Å². The molecule has 0 saturated heterocycles. The summed E-state index contributed by atoms with van der Waals surface area (Å²) in [5.74, 6) is -0.267. The van der Waals surface area contributed by atoms with E-state index in [1.807, 2.05) is 18.2 Å². The summed E-state index contributed by atoms with van der Waals surface area (Å²) in [5, 5.41) is 6.10. The van der Waals surface area contributed by atoms with Crippen LogP contribution in [0.3, 0.4) is 0 Å². The number of carbonyl (C=O) groups is 1. The molecule has 3 aromatic rings. The van der Waals surface area contributed by atoms with E-state index >= 15 is 0 Å². The number of nitrogens with zero attached hydrogens (tertiary/aromatic N) is 4. The first-order valence-corrected chi connectivity index (χ1v) is 8.64. The maximum absolute atomic E-state index is 11.8. The summed E-state index contributed by atoms with van der Waals surface area (Å²) >= 11 is 7.38. The van der Waals surface area contributed by atoms with Gasteiger partial charge in [-0.3, -0.25) is 4.79 Å². The average Bonchev–Trinajstić information content (AvgIpc) is 3.00. The van der Waals surface area contributed by atoms with E-state index in [0.29, 0.717) is 22.3 Å². The van der Waals surface area contributed by atoms with Crippen LogP contribution in [0.15, 0.2) is 41.8 Å². The molecule has 0 aliphatic rings. The van der Waals surface area contributed by atoms with E-state index in [1.165, 1.54) is 18.1 Å². The van der Waals surface area contributed by atoms with Crippen LogP contribution in [0.4, 0.5) is 0 Å². The van der Waals surface area contributed by atoms with Gasteiger partial charge in [0.1, 0.15) is 16.6 Å². The number of rotatable bonds is 5. The molecular formula is C16H15ClN4O2S. The number of aromatic nitrogens is 4. The van der Waals surface area contributed by atoms with Gasteiger partial charge in [-0.1, -0.05) is 29.4 Å². The number of halogens is 1. The van der Waals surface area contributed by atoms with Crippen molar-refractivity contribution in [3.05, 3.63) is 41.8 Å². The summed E-state index contributed by atoms with van der Waals surface area (Å²) in [6.07, 6.45) is 3.15. The molecule has 0 unspecified atom stereocenters. The largest absolute Gasteiger partial charge is 0.465 e. The van der Waals surface area contributed by atoms with Crippen LogP contribution >= 0.6 is 23.4 Å². The van der Waals surface area contributed by atoms with Gasteiger partial charge in [0.05, 0.1) is 23.9 Å². The molecule has 0 N–H and O–H groups in total. The first-order valence-electron chi connectivity index (χ1n) is 7.38. The van der Waals surface area contributed by atoms with Crippen LogP contribution < -0.4 is 0 Å². The number of ether oxygens (including phenoxy) is 1. The fourth-order valence-corrected chi connectivity index (χ4v) is 3.25. The first-order chi connectivity index (χ1) is 11.6. The second kappa shape index (κ2) is 7.19. The maximum Gasteiger partial charge on any atom is 0.319 e. The Hall–Kier alpha value is -2.12. The minimum Gasteiger partial charge on any atom is -0.465 e. The van der Waals surface area contributed by atoms with Crippen molar-refractivity contribution in [3.8, 4) is 5.69 Å². The molecule has 3 rings (SSSR count). The minimum absolute atomic E-state index is 0.267. The topological polar surface area (TPSA) is 69.9 Å². The van der Waals surface area contributed by atoms with E-state index in [0.717, 1.165) is 11.1 Å². The Bertz CT molecular complexity index is 883. The van der Waals surface area contributed by atoms with Crippen molar-refractivity contribution < 1.29 is 9.53 Å². The van der Waals surface area contributed by atoms with Crippen LogP contribution in [0.1, 0.15) is 13.8 Å². The first kappa shape index (κ1) is 16.7. The Morgan fingerprint density at radius 1 is 1.42 bits per heavy atom. The van der Waals surface area contributed by atoms with Crippen LogP contribution in [0.5, 0.6) is 0 Å². The third kappa shape index (κ3) is 3.37. The fraction of sp³-hybridized carbons (Fsp3) is 0.250. The van der Waals surface area contributed by atoms with Crippen molar-refractivity contribution in [2.24, 2.45) is 0 Å². The lowest BCUT2D eigenvalue weighted by Gasteiger charge is -2.10. The van der Waals surface area contributed by atoms with E-state index in [1.54, 1.807) is 30.8 Å². The van der Waals surface area contributed by atoms with Gasteiger partial charge >= 0.3 is 5.97 Å². The molecular weight excluding hydrogens is 348 g/mol. The maximum atomic E-state index is 11.8. The fourth-order valence-electron chi connectivity index (χ4n) is 2.19. The van der Waals surface area contributed by atoms with Crippen molar-refractivity contribution in [2.45, 2.75) is 24.1 Å². The minimum atomic E-state index is -0.363. The standard InChI is InChI=1S/C16H15ClN4O2S/c1-3-23-16(22)10(2)24-15-13-8-20-21(14(13)18-9-19-15)12-6-4-5-11(17)7-12/h4-10H,3H2,1-2H3/t10-/m0/s1. The Morgan fingerprint density at radius 2 is 2.25 bits per heavy atom. The van der Waals surface area contributed by atoms with Gasteiger partial charge in [-0.25, -0.2) is 14.6 Å². The molecule has 24 heavy (non-hydrogen) atoms. The van der Waals surface area contributed by atoms with Crippen molar-refractivity contribution in [1.29, 1.82) is 0 Å². The zero-order chi connectivity index (χ0) is 17.1. The molecule has 2 heterocycles. The van der Waals surface area contributed by atoms with Crippen molar-refractivity contribution in [2.75, 3.05) is 6.61 Å². The average molecular weight is 363 g/mol. The Balaban J connectivity index is 1.96. The molecule has 0 bridgehead atoms. The predicted molar refractivity (Wildman–Crippen MR) is 93.6 cm³/mol. The predicted octanol–water partition coefficient (Wildman–Crippen LogP) is 3.51. The smallest absolute Gasteiger partial charge is 0.319 e. The van der Waals surface area contributed by atoms with Crippen molar-refractivity contribution in [1.82, 2.24) is 19.7 Å². The van der Waals surface area contributed by atoms with Crippen LogP contribution in [-0.2, 0) is 9.53 Å². The molecule has 0 radical (unpaired) electrons. The highest BCUT2D eigenvalue weighted by molar-refractivity contribution is 8.00. The summed E-state index contributed by atoms with van der Waals surface area (Å²) in [6.45, 7) is 3.93. The number of thioether (sulfide) groups is 1. The molecule has 1 aromatic carbocycles. The van der Waals surface area contributed by atoms with Gasteiger partial charge in [0.2, 0.25) is 0 Å². The van der Waals surface area contributed by atoms with Gasteiger partial charge in [0, 0.05) is 5.02 Å². The Morgan fingerprint density at radius 3 is 3.00 bits per heavy atom. The molecule has 0 saturated carbocycles. The number of carbonyl (C=O) groups excluding carboxylic acids is 1. The summed E-state index contributed by atoms with van der Waals surface area (Å²) in [6, 6.07) is 7.36. The van der Waals surface area contributed by atoms with Gasteiger partial charge in [0.25, 0.3) is 0 Å². The normalized spacial score (nSPS) is 12.3. The molecule has 0 aliphatic heterocycles. The number of fused-ring (bicyclic) bond motifs is 1. The van der Waals surface area contributed by atoms with Crippen LogP contribution in [0, 0.1) is 0 Å². The highest BCUT2D eigenvalue weighted by atomic mass is 35.5. The van der Waals surface area contributed by atoms with E-state index in [-0.39, 0.29) is 11.2 Å². The second-order valence-electron chi connectivity index (χ2n) is 4.96. The zero-order valence-corrected chi connectivity index (χ0v) is 14.7. The molecule has 124 valence electrons. The third-order valence-corrected chi connectivity index (χ3v) is 4.62. The number of hydrogen-bond donors (Lipinski definition) is 0. The van der Waals surface area contributed by atoms with Gasteiger partial charge in [0.15, 0.2) is 5.65 Å². The van der Waals surface area contributed by atoms with E-state index in [9.17, 15) is 4.79 Å². The molecule has 0 amide bonds. The number of esters is 1. The highest BCUT2D eigenvalue weighted by Gasteiger charge is 2.19. The van der Waals surface area contributed by atoms with Crippen molar-refractivity contribution in [3.63, 3.8) is 0 Å². The lowest BCUT2D eigenvalue weighted by atomic mass is 10.3. The highest BCUT2D eigenvalue weighted by Crippen LogP contribution is 2.29. The van der Waals surface area contributed by atoms with Crippen LogP contribution in [0.25, 0.3) is 16.7 Å². The summed E-state index contributed by atoms with van der Waals surface area (Å²) < 4.78 is 6.73. The van der Waals surface area contributed by atoms with Gasteiger partial charge in [-0.05, 0) is 32.0 Å². The second-order valence-corrected chi connectivity index (χ2v) is 6.73. The van der Waals surface area contributed by atoms with Gasteiger partial charge < -0.3 is 4.74 Å². The van der Waals surface area contributed by atoms with Gasteiger partial charge in [-0.15, -0.1) is 0 Å². The lowest BCUT2D eigenvalue weighted by Crippen LogP contribution is -2.16. The molecule has 6 nitrogen and oxygen atoms in total. The summed E-state index contributed by atoms with van der Waals surface area (Å²) in [5.41, 5.74) is 1.47. The Kier molecular flexibility index (Phi) is 5.01. The Labute approximate surface area is 148 Å². The molecule has 8 heteroatoms. The van der Waals surface area contributed by atoms with Crippen molar-refractivity contribution >= 4 is 40.4 Å². The zero-order valence-electron chi connectivity index (χ0n) is 13.1. The molecule has 0 aliphatic carbocycles. The lowest BCUT2D eigenvalue weighted by molar-refractivity contribution is -0.142. The third-order valence-electron chi connectivity index (χ3n) is 3.29. The molecule has 1 atom stereocenters. The monoisotopic (exact) mass is 362 g/mol. The van der Waals surface area contributed by atoms with E-state index in [2.05, 4.69) is 15.1 Å². The van der Waals surface area contributed by atoms with E-state index < -0.39 is 0 Å². The van der Waals surface area contributed by atoms with Crippen LogP contribution in [-0.4, -0.2) is 37.6 Å². The SMILES string of the molecule is CCOC(=O)[C@H](C)Sc1ncnc2c1cnn2-c1cccc(Cl)c1.